The first-order valence-electron chi connectivity index (χ1n) is 7.93. The third-order valence-electron chi connectivity index (χ3n) is 4.80. The van der Waals surface area contributed by atoms with Gasteiger partial charge in [-0.3, -0.25) is 14.9 Å². The van der Waals surface area contributed by atoms with Gasteiger partial charge in [-0.25, -0.2) is 0 Å². The van der Waals surface area contributed by atoms with E-state index < -0.39 is 0 Å². The first kappa shape index (κ1) is 13.0. The number of nitrogens with zero attached hydrogens (tertiary/aromatic N) is 3. The quantitative estimate of drug-likeness (QED) is 0.762. The van der Waals surface area contributed by atoms with Crippen LogP contribution in [0, 0.1) is 0 Å². The lowest BCUT2D eigenvalue weighted by Gasteiger charge is -2.37. The number of hydrogen-bond acceptors (Lipinski definition) is 3. The molecule has 3 heteroatoms. The number of rotatable bonds is 2. The van der Waals surface area contributed by atoms with Gasteiger partial charge in [0.05, 0.1) is 5.69 Å². The molecule has 2 fully saturated rings. The predicted octanol–water partition coefficient (Wildman–Crippen LogP) is 3.38. The third kappa shape index (κ3) is 3.33. The molecule has 1 aromatic rings. The highest BCUT2D eigenvalue weighted by Crippen LogP contribution is 2.30. The molecule has 1 aromatic heterocycles. The molecule has 1 unspecified atom stereocenters. The van der Waals surface area contributed by atoms with Crippen LogP contribution in [0.15, 0.2) is 18.6 Å². The lowest BCUT2D eigenvalue weighted by molar-refractivity contribution is 0.134. The van der Waals surface area contributed by atoms with Crippen LogP contribution < -0.4 is 0 Å². The van der Waals surface area contributed by atoms with E-state index in [0.29, 0.717) is 5.92 Å². The SMILES string of the molecule is c1cnc(C2CCCN(C3CCCCCC3)C2)cn1. The molecule has 3 nitrogen and oxygen atoms in total. The Balaban J connectivity index is 1.64. The van der Waals surface area contributed by atoms with Crippen molar-refractivity contribution in [2.75, 3.05) is 13.1 Å². The molecule has 19 heavy (non-hydrogen) atoms. The van der Waals surface area contributed by atoms with Crippen molar-refractivity contribution in [3.05, 3.63) is 24.3 Å². The maximum Gasteiger partial charge on any atom is 0.0630 e. The minimum atomic E-state index is 0.603. The molecule has 1 atom stereocenters. The second kappa shape index (κ2) is 6.47. The first-order chi connectivity index (χ1) is 9.43. The fourth-order valence-corrected chi connectivity index (χ4v) is 3.72. The summed E-state index contributed by atoms with van der Waals surface area (Å²) in [6, 6.07) is 0.835. The normalized spacial score (nSPS) is 27.1. The molecule has 2 aliphatic rings. The van der Waals surface area contributed by atoms with Crippen LogP contribution in [0.3, 0.4) is 0 Å². The van der Waals surface area contributed by atoms with Crippen molar-refractivity contribution >= 4 is 0 Å². The van der Waals surface area contributed by atoms with Crippen molar-refractivity contribution in [2.24, 2.45) is 0 Å². The van der Waals surface area contributed by atoms with E-state index in [2.05, 4.69) is 14.9 Å². The number of aromatic nitrogens is 2. The Labute approximate surface area is 116 Å². The average Bonchev–Trinajstić information content (AvgIpc) is 2.77. The zero-order valence-electron chi connectivity index (χ0n) is 11.8. The molecule has 0 radical (unpaired) electrons. The van der Waals surface area contributed by atoms with Gasteiger partial charge in [0.2, 0.25) is 0 Å². The molecule has 0 spiro atoms. The summed E-state index contributed by atoms with van der Waals surface area (Å²) in [6.07, 6.45) is 16.7. The molecule has 0 aromatic carbocycles. The van der Waals surface area contributed by atoms with E-state index in [1.165, 1.54) is 70.2 Å². The summed E-state index contributed by atoms with van der Waals surface area (Å²) in [5.74, 6) is 0.603. The zero-order chi connectivity index (χ0) is 12.9. The van der Waals surface area contributed by atoms with Crippen molar-refractivity contribution in [3.63, 3.8) is 0 Å². The summed E-state index contributed by atoms with van der Waals surface area (Å²) in [5.41, 5.74) is 1.20. The number of likely N-dealkylation sites (tertiary alicyclic amines) is 1. The van der Waals surface area contributed by atoms with Gasteiger partial charge in [0.15, 0.2) is 0 Å². The molecule has 1 aliphatic carbocycles. The Morgan fingerprint density at radius 2 is 1.79 bits per heavy atom. The van der Waals surface area contributed by atoms with Crippen LogP contribution in [0.25, 0.3) is 0 Å². The van der Waals surface area contributed by atoms with Gasteiger partial charge in [0, 0.05) is 37.1 Å². The van der Waals surface area contributed by atoms with Crippen LogP contribution in [0.2, 0.25) is 0 Å². The summed E-state index contributed by atoms with van der Waals surface area (Å²) in [5, 5.41) is 0. The second-order valence-electron chi connectivity index (χ2n) is 6.11. The molecular weight excluding hydrogens is 234 g/mol. The summed E-state index contributed by atoms with van der Waals surface area (Å²) in [4.78, 5) is 11.5. The Hall–Kier alpha value is -0.960. The van der Waals surface area contributed by atoms with Gasteiger partial charge in [-0.1, -0.05) is 25.7 Å². The van der Waals surface area contributed by atoms with Gasteiger partial charge in [-0.05, 0) is 32.2 Å². The fourth-order valence-electron chi connectivity index (χ4n) is 3.72. The first-order valence-corrected chi connectivity index (χ1v) is 7.93. The van der Waals surface area contributed by atoms with Crippen LogP contribution in [0.5, 0.6) is 0 Å². The van der Waals surface area contributed by atoms with Crippen molar-refractivity contribution in [3.8, 4) is 0 Å². The van der Waals surface area contributed by atoms with E-state index in [1.54, 1.807) is 6.20 Å². The second-order valence-corrected chi connectivity index (χ2v) is 6.11. The van der Waals surface area contributed by atoms with Gasteiger partial charge >= 0.3 is 0 Å². The lowest BCUT2D eigenvalue weighted by atomic mass is 9.92. The molecule has 0 N–H and O–H groups in total. The monoisotopic (exact) mass is 259 g/mol. The fraction of sp³-hybridized carbons (Fsp3) is 0.750. The van der Waals surface area contributed by atoms with Crippen molar-refractivity contribution in [2.45, 2.75) is 63.3 Å². The molecule has 1 saturated heterocycles. The van der Waals surface area contributed by atoms with E-state index >= 15 is 0 Å². The minimum absolute atomic E-state index is 0.603. The van der Waals surface area contributed by atoms with E-state index in [1.807, 2.05) is 12.4 Å². The smallest absolute Gasteiger partial charge is 0.0630 e. The van der Waals surface area contributed by atoms with E-state index in [9.17, 15) is 0 Å². The Bertz CT molecular complexity index is 371. The molecule has 104 valence electrons. The van der Waals surface area contributed by atoms with Crippen LogP contribution in [-0.4, -0.2) is 34.0 Å². The predicted molar refractivity (Wildman–Crippen MR) is 77.1 cm³/mol. The number of piperidine rings is 1. The van der Waals surface area contributed by atoms with Crippen molar-refractivity contribution < 1.29 is 0 Å². The Kier molecular flexibility index (Phi) is 4.44. The van der Waals surface area contributed by atoms with Crippen molar-refractivity contribution in [1.29, 1.82) is 0 Å². The Morgan fingerprint density at radius 3 is 2.53 bits per heavy atom. The maximum atomic E-state index is 4.51. The molecule has 2 heterocycles. The highest BCUT2D eigenvalue weighted by molar-refractivity contribution is 5.06. The molecule has 1 aliphatic heterocycles. The molecule has 1 saturated carbocycles. The van der Waals surface area contributed by atoms with E-state index in [0.717, 1.165) is 6.04 Å². The lowest BCUT2D eigenvalue weighted by Crippen LogP contribution is -2.42. The summed E-state index contributed by atoms with van der Waals surface area (Å²) >= 11 is 0. The van der Waals surface area contributed by atoms with Crippen molar-refractivity contribution in [1.82, 2.24) is 14.9 Å². The summed E-state index contributed by atoms with van der Waals surface area (Å²) in [6.45, 7) is 2.49. The average molecular weight is 259 g/mol. The molecule has 0 amide bonds. The van der Waals surface area contributed by atoms with Crippen LogP contribution in [0.1, 0.15) is 63.0 Å². The van der Waals surface area contributed by atoms with E-state index in [4.69, 9.17) is 0 Å². The number of hydrogen-bond donors (Lipinski definition) is 0. The van der Waals surface area contributed by atoms with Crippen LogP contribution in [0.4, 0.5) is 0 Å². The topological polar surface area (TPSA) is 29.0 Å². The van der Waals surface area contributed by atoms with Crippen LogP contribution in [-0.2, 0) is 0 Å². The standard InChI is InChI=1S/C16H25N3/c1-2-4-8-15(7-3-1)19-11-5-6-14(13-19)16-12-17-9-10-18-16/h9-10,12,14-15H,1-8,11,13H2. The minimum Gasteiger partial charge on any atom is -0.300 e. The largest absolute Gasteiger partial charge is 0.300 e. The highest BCUT2D eigenvalue weighted by Gasteiger charge is 2.27. The summed E-state index contributed by atoms with van der Waals surface area (Å²) in [7, 11) is 0. The summed E-state index contributed by atoms with van der Waals surface area (Å²) < 4.78 is 0. The van der Waals surface area contributed by atoms with Gasteiger partial charge < -0.3 is 0 Å². The zero-order valence-corrected chi connectivity index (χ0v) is 11.8. The maximum absolute atomic E-state index is 4.51. The third-order valence-corrected chi connectivity index (χ3v) is 4.80. The molecule has 3 rings (SSSR count). The molecular formula is C16H25N3. The van der Waals surface area contributed by atoms with Gasteiger partial charge in [0.25, 0.3) is 0 Å². The Morgan fingerprint density at radius 1 is 0.947 bits per heavy atom. The van der Waals surface area contributed by atoms with E-state index in [-0.39, 0.29) is 0 Å². The highest BCUT2D eigenvalue weighted by atomic mass is 15.2. The van der Waals surface area contributed by atoms with Gasteiger partial charge in [0.1, 0.15) is 0 Å². The van der Waals surface area contributed by atoms with Gasteiger partial charge in [-0.2, -0.15) is 0 Å². The van der Waals surface area contributed by atoms with Gasteiger partial charge in [-0.15, -0.1) is 0 Å². The molecule has 0 bridgehead atoms. The van der Waals surface area contributed by atoms with Crippen LogP contribution >= 0.6 is 0 Å².